The SMILES string of the molecule is COC(=O)C1=C(CCc2nccs2)NC(CC(=O)N2CCN(CC3(CN4CCCC4=O)CCCC3)CC2)=C(C(=O)OC)C1c1c(Cl)cccc1Cl. The lowest BCUT2D eigenvalue weighted by Crippen LogP contribution is -2.53. The first kappa shape index (κ1) is 37.3. The normalized spacial score (nSPS) is 20.9. The number of piperazine rings is 1. The summed E-state index contributed by atoms with van der Waals surface area (Å²) in [5.74, 6) is -2.30. The van der Waals surface area contributed by atoms with Gasteiger partial charge in [-0.15, -0.1) is 11.3 Å². The minimum absolute atomic E-state index is 0.0810. The maximum Gasteiger partial charge on any atom is 0.336 e. The summed E-state index contributed by atoms with van der Waals surface area (Å²) < 4.78 is 10.5. The van der Waals surface area contributed by atoms with Crippen LogP contribution in [0.2, 0.25) is 10.0 Å². The van der Waals surface area contributed by atoms with E-state index in [1.165, 1.54) is 38.4 Å². The molecule has 2 aromatic rings. The molecule has 4 heterocycles. The molecule has 1 N–H and O–H groups in total. The molecule has 3 fully saturated rings. The van der Waals surface area contributed by atoms with Gasteiger partial charge in [-0.3, -0.25) is 14.5 Å². The van der Waals surface area contributed by atoms with Gasteiger partial charge in [0.05, 0.1) is 42.7 Å². The number of rotatable bonds is 12. The number of allylic oxidation sites excluding steroid dienone is 1. The van der Waals surface area contributed by atoms with Gasteiger partial charge in [-0.05, 0) is 37.8 Å². The van der Waals surface area contributed by atoms with Gasteiger partial charge in [-0.1, -0.05) is 42.1 Å². The second-order valence-corrected chi connectivity index (χ2v) is 15.6. The van der Waals surface area contributed by atoms with E-state index in [0.717, 1.165) is 57.0 Å². The maximum atomic E-state index is 14.1. The number of aryl methyl sites for hydroxylation is 1. The highest BCUT2D eigenvalue weighted by atomic mass is 35.5. The van der Waals surface area contributed by atoms with E-state index in [0.29, 0.717) is 49.3 Å². The monoisotopic (exact) mass is 757 g/mol. The van der Waals surface area contributed by atoms with Gasteiger partial charge in [-0.25, -0.2) is 14.6 Å². The number of thiazole rings is 1. The molecule has 1 aromatic carbocycles. The van der Waals surface area contributed by atoms with Gasteiger partial charge in [0.25, 0.3) is 0 Å². The van der Waals surface area contributed by atoms with Crippen LogP contribution < -0.4 is 5.32 Å². The van der Waals surface area contributed by atoms with Crippen molar-refractivity contribution in [2.24, 2.45) is 5.41 Å². The fraction of sp³-hybridized carbons (Fsp3) is 0.541. The molecule has 2 saturated heterocycles. The van der Waals surface area contributed by atoms with Crippen LogP contribution in [0.15, 0.2) is 52.3 Å². The fourth-order valence-corrected chi connectivity index (χ4v) is 9.43. The molecule has 1 saturated carbocycles. The summed E-state index contributed by atoms with van der Waals surface area (Å²) in [6.45, 7) is 5.12. The highest BCUT2D eigenvalue weighted by molar-refractivity contribution is 7.09. The number of carbonyl (C=O) groups is 4. The van der Waals surface area contributed by atoms with Gasteiger partial charge < -0.3 is 24.6 Å². The predicted molar refractivity (Wildman–Crippen MR) is 195 cm³/mol. The van der Waals surface area contributed by atoms with Crippen molar-refractivity contribution in [3.05, 3.63) is 72.9 Å². The molecule has 1 aliphatic carbocycles. The number of methoxy groups -OCH3 is 2. The topological polar surface area (TPSA) is 121 Å². The molecule has 1 atom stereocenters. The highest BCUT2D eigenvalue weighted by Crippen LogP contribution is 2.46. The molecule has 51 heavy (non-hydrogen) atoms. The number of nitrogens with zero attached hydrogens (tertiary/aromatic N) is 4. The van der Waals surface area contributed by atoms with Crippen molar-refractivity contribution in [3.8, 4) is 0 Å². The van der Waals surface area contributed by atoms with Gasteiger partial charge in [0.2, 0.25) is 11.8 Å². The Balaban J connectivity index is 1.25. The zero-order valence-corrected chi connectivity index (χ0v) is 31.5. The second kappa shape index (κ2) is 16.5. The number of aromatic nitrogens is 1. The number of dihydropyridines is 1. The van der Waals surface area contributed by atoms with Crippen LogP contribution in [0.4, 0.5) is 0 Å². The first-order valence-electron chi connectivity index (χ1n) is 17.6. The van der Waals surface area contributed by atoms with Crippen molar-refractivity contribution in [1.29, 1.82) is 0 Å². The Morgan fingerprint density at radius 2 is 1.59 bits per heavy atom. The standard InChI is InChI=1S/C37H45Cl2N5O6S/c1-49-35(47)32-26(10-11-28-40-14-20-51-28)41-27(33(36(48)50-2)34(32)31-24(38)7-5-8-25(31)39)21-30(46)43-18-16-42(17-19-43)22-37(12-3-4-13-37)23-44-15-6-9-29(44)45/h5,7-8,14,20,34,41H,3-4,6,9-13,15-19,21-23H2,1-2H3. The Morgan fingerprint density at radius 1 is 0.922 bits per heavy atom. The number of ether oxygens (including phenoxy) is 2. The molecule has 1 unspecified atom stereocenters. The summed E-state index contributed by atoms with van der Waals surface area (Å²) in [5, 5.41) is 6.57. The van der Waals surface area contributed by atoms with Crippen LogP contribution in [0.1, 0.15) is 67.9 Å². The number of benzene rings is 1. The van der Waals surface area contributed by atoms with E-state index < -0.39 is 17.9 Å². The molecule has 2 amide bonds. The Bertz CT molecular complexity index is 1680. The number of carbonyl (C=O) groups excluding carboxylic acids is 4. The molecule has 6 rings (SSSR count). The van der Waals surface area contributed by atoms with Crippen molar-refractivity contribution < 1.29 is 28.7 Å². The Labute approximate surface area is 312 Å². The van der Waals surface area contributed by atoms with Gasteiger partial charge in [0.1, 0.15) is 0 Å². The number of halogens is 2. The van der Waals surface area contributed by atoms with Crippen molar-refractivity contribution in [1.82, 2.24) is 25.0 Å². The number of likely N-dealkylation sites (tertiary alicyclic amines) is 1. The lowest BCUT2D eigenvalue weighted by atomic mass is 9.78. The summed E-state index contributed by atoms with van der Waals surface area (Å²) >= 11 is 15.0. The van der Waals surface area contributed by atoms with Crippen molar-refractivity contribution in [2.45, 2.75) is 63.7 Å². The van der Waals surface area contributed by atoms with E-state index in [9.17, 15) is 19.2 Å². The van der Waals surface area contributed by atoms with Crippen molar-refractivity contribution >= 4 is 58.3 Å². The quantitative estimate of drug-likeness (QED) is 0.286. The number of amides is 2. The second-order valence-electron chi connectivity index (χ2n) is 13.8. The zero-order valence-electron chi connectivity index (χ0n) is 29.2. The number of hydrogen-bond donors (Lipinski definition) is 1. The van der Waals surface area contributed by atoms with E-state index >= 15 is 0 Å². The third kappa shape index (κ3) is 8.29. The Kier molecular flexibility index (Phi) is 12.1. The van der Waals surface area contributed by atoms with Crippen LogP contribution in [0.25, 0.3) is 0 Å². The van der Waals surface area contributed by atoms with Gasteiger partial charge in [0.15, 0.2) is 0 Å². The lowest BCUT2D eigenvalue weighted by molar-refractivity contribution is -0.137. The average molecular weight is 759 g/mol. The molecular weight excluding hydrogens is 713 g/mol. The van der Waals surface area contributed by atoms with Crippen LogP contribution in [0, 0.1) is 5.41 Å². The van der Waals surface area contributed by atoms with E-state index in [1.807, 2.05) is 10.3 Å². The smallest absolute Gasteiger partial charge is 0.336 e. The largest absolute Gasteiger partial charge is 0.466 e. The van der Waals surface area contributed by atoms with E-state index in [1.54, 1.807) is 24.4 Å². The summed E-state index contributed by atoms with van der Waals surface area (Å²) in [7, 11) is 2.54. The average Bonchev–Trinajstić information content (AvgIpc) is 3.91. The molecule has 4 aliphatic rings. The molecule has 0 bridgehead atoms. The molecule has 11 nitrogen and oxygen atoms in total. The van der Waals surface area contributed by atoms with Gasteiger partial charge in [0, 0.05) is 103 Å². The molecule has 14 heteroatoms. The summed E-state index contributed by atoms with van der Waals surface area (Å²) in [6, 6.07) is 4.98. The Morgan fingerprint density at radius 3 is 2.18 bits per heavy atom. The molecule has 274 valence electrons. The lowest BCUT2D eigenvalue weighted by Gasteiger charge is -2.42. The van der Waals surface area contributed by atoms with Gasteiger partial charge >= 0.3 is 11.9 Å². The van der Waals surface area contributed by atoms with Crippen LogP contribution >= 0.6 is 34.5 Å². The summed E-state index contributed by atoms with van der Waals surface area (Å²) in [4.78, 5) is 64.5. The molecule has 1 aromatic heterocycles. The van der Waals surface area contributed by atoms with E-state index in [-0.39, 0.29) is 44.8 Å². The Hall–Kier alpha value is -3.45. The zero-order chi connectivity index (χ0) is 36.1. The minimum Gasteiger partial charge on any atom is -0.466 e. The number of esters is 2. The van der Waals surface area contributed by atoms with E-state index in [4.69, 9.17) is 32.7 Å². The van der Waals surface area contributed by atoms with Gasteiger partial charge in [-0.2, -0.15) is 0 Å². The predicted octanol–water partition coefficient (Wildman–Crippen LogP) is 5.34. The highest BCUT2D eigenvalue weighted by Gasteiger charge is 2.43. The van der Waals surface area contributed by atoms with Crippen LogP contribution in [-0.2, 0) is 35.1 Å². The minimum atomic E-state index is -1.05. The third-order valence-corrected chi connectivity index (χ3v) is 12.2. The van der Waals surface area contributed by atoms with Crippen LogP contribution in [-0.4, -0.2) is 103 Å². The first-order valence-corrected chi connectivity index (χ1v) is 19.3. The maximum absolute atomic E-state index is 14.1. The summed E-state index contributed by atoms with van der Waals surface area (Å²) in [6.07, 6.45) is 8.66. The molecule has 0 spiro atoms. The van der Waals surface area contributed by atoms with E-state index in [2.05, 4.69) is 20.1 Å². The molecule has 0 radical (unpaired) electrons. The summed E-state index contributed by atoms with van der Waals surface area (Å²) in [5.41, 5.74) is 1.54. The fourth-order valence-electron chi connectivity index (χ4n) is 8.19. The van der Waals surface area contributed by atoms with Crippen molar-refractivity contribution in [2.75, 3.05) is 60.0 Å². The van der Waals surface area contributed by atoms with Crippen LogP contribution in [0.5, 0.6) is 0 Å². The first-order chi connectivity index (χ1) is 24.6. The molecular formula is C37H45Cl2N5O6S. The number of nitrogens with one attached hydrogen (secondary N) is 1. The third-order valence-electron chi connectivity index (χ3n) is 10.7. The van der Waals surface area contributed by atoms with Crippen molar-refractivity contribution in [3.63, 3.8) is 0 Å². The molecule has 3 aliphatic heterocycles. The number of hydrogen-bond acceptors (Lipinski definition) is 10. The van der Waals surface area contributed by atoms with Crippen LogP contribution in [0.3, 0.4) is 0 Å².